The number of rotatable bonds is 7. The second-order valence-corrected chi connectivity index (χ2v) is 14.6. The van der Waals surface area contributed by atoms with Crippen LogP contribution in [0.3, 0.4) is 0 Å². The molecule has 0 aliphatic heterocycles. The third-order valence-electron chi connectivity index (χ3n) is 5.79. The van der Waals surface area contributed by atoms with Gasteiger partial charge in [-0.2, -0.15) is 10.2 Å². The summed E-state index contributed by atoms with van der Waals surface area (Å²) in [5.41, 5.74) is 3.06. The molecular formula is C21H30BrN5OSi. The van der Waals surface area contributed by atoms with E-state index in [0.717, 1.165) is 27.8 Å². The van der Waals surface area contributed by atoms with Crippen LogP contribution < -0.4 is 0 Å². The molecule has 3 aromatic rings. The van der Waals surface area contributed by atoms with Gasteiger partial charge < -0.3 is 4.43 Å². The van der Waals surface area contributed by atoms with E-state index in [9.17, 15) is 0 Å². The number of halogens is 1. The molecule has 0 aromatic carbocycles. The van der Waals surface area contributed by atoms with Crippen LogP contribution in [-0.2, 0) is 11.5 Å². The van der Waals surface area contributed by atoms with E-state index in [1.54, 1.807) is 6.20 Å². The van der Waals surface area contributed by atoms with Gasteiger partial charge in [0.25, 0.3) is 0 Å². The van der Waals surface area contributed by atoms with E-state index in [1.165, 1.54) is 0 Å². The Morgan fingerprint density at radius 1 is 1.14 bits per heavy atom. The van der Waals surface area contributed by atoms with Crippen molar-refractivity contribution in [1.82, 2.24) is 24.5 Å². The van der Waals surface area contributed by atoms with Gasteiger partial charge in [-0.05, 0) is 58.7 Å². The van der Waals surface area contributed by atoms with Gasteiger partial charge >= 0.3 is 0 Å². The number of hydrogen-bond acceptors (Lipinski definition) is 4. The van der Waals surface area contributed by atoms with Gasteiger partial charge in [-0.3, -0.25) is 14.3 Å². The summed E-state index contributed by atoms with van der Waals surface area (Å²) < 4.78 is 11.3. The van der Waals surface area contributed by atoms with Crippen LogP contribution in [0.2, 0.25) is 18.1 Å². The smallest absolute Gasteiger partial charge is 0.191 e. The number of pyridine rings is 1. The lowest BCUT2D eigenvalue weighted by Gasteiger charge is -2.36. The van der Waals surface area contributed by atoms with Crippen molar-refractivity contribution in [2.24, 2.45) is 7.05 Å². The maximum absolute atomic E-state index is 6.44. The Kier molecular flexibility index (Phi) is 6.45. The molecule has 0 bridgehead atoms. The van der Waals surface area contributed by atoms with Crippen LogP contribution in [0.15, 0.2) is 47.5 Å². The van der Waals surface area contributed by atoms with Gasteiger partial charge in [-0.25, -0.2) is 0 Å². The summed E-state index contributed by atoms with van der Waals surface area (Å²) in [6, 6.07) is 6.08. The van der Waals surface area contributed by atoms with Crippen LogP contribution in [0.4, 0.5) is 0 Å². The first-order chi connectivity index (χ1) is 13.6. The van der Waals surface area contributed by atoms with E-state index < -0.39 is 8.32 Å². The molecule has 3 rings (SSSR count). The molecule has 0 saturated carbocycles. The Bertz CT molecular complexity index is 943. The van der Waals surface area contributed by atoms with Crippen LogP contribution in [0.5, 0.6) is 0 Å². The maximum Gasteiger partial charge on any atom is 0.191 e. The number of aryl methyl sites for hydroxylation is 1. The quantitative estimate of drug-likeness (QED) is 0.426. The van der Waals surface area contributed by atoms with Crippen molar-refractivity contribution in [3.8, 4) is 11.3 Å². The summed E-state index contributed by atoms with van der Waals surface area (Å²) in [4.78, 5) is 4.64. The minimum atomic E-state index is -1.80. The largest absolute Gasteiger partial charge is 0.417 e. The molecule has 0 saturated heterocycles. The SMILES string of the molecule is Cn1nccc1-c1cnn(C(CCO[Si](C)(C)C(C)(C)C)c2ccc(Br)cn2)c1. The molecule has 1 atom stereocenters. The fourth-order valence-corrected chi connectivity index (χ4v) is 4.24. The van der Waals surface area contributed by atoms with Gasteiger partial charge in [0.05, 0.1) is 23.6 Å². The predicted molar refractivity (Wildman–Crippen MR) is 122 cm³/mol. The number of nitrogens with zero attached hydrogens (tertiary/aromatic N) is 5. The van der Waals surface area contributed by atoms with E-state index in [4.69, 9.17) is 4.43 Å². The van der Waals surface area contributed by atoms with Crippen molar-refractivity contribution in [2.75, 3.05) is 6.61 Å². The van der Waals surface area contributed by atoms with Gasteiger partial charge in [0.2, 0.25) is 0 Å². The highest BCUT2D eigenvalue weighted by Crippen LogP contribution is 2.37. The molecule has 0 amide bonds. The number of hydrogen-bond donors (Lipinski definition) is 0. The normalized spacial score (nSPS) is 13.6. The third-order valence-corrected chi connectivity index (χ3v) is 10.8. The lowest BCUT2D eigenvalue weighted by molar-refractivity contribution is 0.259. The van der Waals surface area contributed by atoms with Gasteiger partial charge in [0.15, 0.2) is 8.32 Å². The molecule has 0 spiro atoms. The monoisotopic (exact) mass is 475 g/mol. The Labute approximate surface area is 182 Å². The topological polar surface area (TPSA) is 57.8 Å². The summed E-state index contributed by atoms with van der Waals surface area (Å²) in [5.74, 6) is 0. The molecule has 0 aliphatic carbocycles. The van der Waals surface area contributed by atoms with Crippen molar-refractivity contribution in [2.45, 2.75) is 51.4 Å². The molecule has 8 heteroatoms. The summed E-state index contributed by atoms with van der Waals surface area (Å²) >= 11 is 3.48. The van der Waals surface area contributed by atoms with E-state index in [2.05, 4.69) is 71.2 Å². The average Bonchev–Trinajstić information content (AvgIpc) is 3.27. The minimum absolute atomic E-state index is 0.00912. The Balaban J connectivity index is 1.84. The van der Waals surface area contributed by atoms with Crippen molar-refractivity contribution in [3.63, 3.8) is 0 Å². The molecule has 1 unspecified atom stereocenters. The second kappa shape index (κ2) is 8.53. The highest BCUT2D eigenvalue weighted by molar-refractivity contribution is 9.10. The zero-order valence-electron chi connectivity index (χ0n) is 18.1. The Morgan fingerprint density at radius 2 is 1.90 bits per heavy atom. The summed E-state index contributed by atoms with van der Waals surface area (Å²) in [7, 11) is 0.140. The van der Waals surface area contributed by atoms with Gasteiger partial charge in [0, 0.05) is 42.3 Å². The lowest BCUT2D eigenvalue weighted by atomic mass is 10.1. The fraction of sp³-hybridized carbons (Fsp3) is 0.476. The Hall–Kier alpha value is -1.77. The summed E-state index contributed by atoms with van der Waals surface area (Å²) in [6.45, 7) is 12.0. The molecule has 156 valence electrons. The molecule has 3 heterocycles. The van der Waals surface area contributed by atoms with E-state index in [1.807, 2.05) is 47.0 Å². The number of aromatic nitrogens is 5. The van der Waals surface area contributed by atoms with Gasteiger partial charge in [0.1, 0.15) is 0 Å². The minimum Gasteiger partial charge on any atom is -0.417 e. The second-order valence-electron chi connectivity index (χ2n) is 8.86. The lowest BCUT2D eigenvalue weighted by Crippen LogP contribution is -2.41. The zero-order chi connectivity index (χ0) is 21.2. The zero-order valence-corrected chi connectivity index (χ0v) is 20.6. The van der Waals surface area contributed by atoms with E-state index >= 15 is 0 Å². The highest BCUT2D eigenvalue weighted by atomic mass is 79.9. The third kappa shape index (κ3) is 5.05. The summed E-state index contributed by atoms with van der Waals surface area (Å²) in [5, 5.41) is 9.11. The van der Waals surface area contributed by atoms with E-state index in [0.29, 0.717) is 6.61 Å². The molecule has 0 radical (unpaired) electrons. The highest BCUT2D eigenvalue weighted by Gasteiger charge is 2.37. The predicted octanol–water partition coefficient (Wildman–Crippen LogP) is 5.44. The first-order valence-corrected chi connectivity index (χ1v) is 13.6. The Morgan fingerprint density at radius 3 is 2.48 bits per heavy atom. The van der Waals surface area contributed by atoms with Crippen molar-refractivity contribution in [1.29, 1.82) is 0 Å². The van der Waals surface area contributed by atoms with Crippen molar-refractivity contribution in [3.05, 3.63) is 53.2 Å². The first kappa shape index (κ1) is 21.9. The molecule has 29 heavy (non-hydrogen) atoms. The molecule has 0 aliphatic rings. The van der Waals surface area contributed by atoms with E-state index in [-0.39, 0.29) is 11.1 Å². The van der Waals surface area contributed by atoms with Crippen LogP contribution in [0, 0.1) is 0 Å². The standard InChI is InChI=1S/C21H30BrN5OSi/c1-21(2,3)29(5,6)28-12-10-20(18-8-7-17(22)14-23-18)27-15-16(13-25-27)19-9-11-24-26(19)4/h7-9,11,13-15,20H,10,12H2,1-6H3. The van der Waals surface area contributed by atoms with Gasteiger partial charge in [-0.15, -0.1) is 0 Å². The van der Waals surface area contributed by atoms with Crippen LogP contribution >= 0.6 is 15.9 Å². The molecule has 0 N–H and O–H groups in total. The molecular weight excluding hydrogens is 446 g/mol. The van der Waals surface area contributed by atoms with Gasteiger partial charge in [-0.1, -0.05) is 20.8 Å². The molecule has 6 nitrogen and oxygen atoms in total. The first-order valence-electron chi connectivity index (χ1n) is 9.86. The molecule has 3 aromatic heterocycles. The van der Waals surface area contributed by atoms with Crippen molar-refractivity contribution >= 4 is 24.2 Å². The summed E-state index contributed by atoms with van der Waals surface area (Å²) in [6.07, 6.45) is 8.40. The fourth-order valence-electron chi connectivity index (χ4n) is 2.94. The van der Waals surface area contributed by atoms with Crippen molar-refractivity contribution < 1.29 is 4.43 Å². The average molecular weight is 476 g/mol. The van der Waals surface area contributed by atoms with Crippen LogP contribution in [0.25, 0.3) is 11.3 Å². The van der Waals surface area contributed by atoms with Crippen LogP contribution in [-0.4, -0.2) is 39.5 Å². The molecule has 0 fully saturated rings. The van der Waals surface area contributed by atoms with Crippen LogP contribution in [0.1, 0.15) is 38.9 Å². The maximum atomic E-state index is 6.44.